The Balaban J connectivity index is 2.03. The summed E-state index contributed by atoms with van der Waals surface area (Å²) in [7, 11) is 3.94. The van der Waals surface area contributed by atoms with Gasteiger partial charge in [-0.1, -0.05) is 6.42 Å². The van der Waals surface area contributed by atoms with Crippen molar-refractivity contribution in [2.24, 2.45) is 5.73 Å². The van der Waals surface area contributed by atoms with E-state index in [4.69, 9.17) is 10.5 Å². The summed E-state index contributed by atoms with van der Waals surface area (Å²) in [6.07, 6.45) is 6.28. The van der Waals surface area contributed by atoms with Crippen LogP contribution < -0.4 is 5.73 Å². The van der Waals surface area contributed by atoms with Gasteiger partial charge in [-0.15, -0.1) is 0 Å². The molecule has 3 nitrogen and oxygen atoms in total. The molecule has 0 saturated heterocycles. The summed E-state index contributed by atoms with van der Waals surface area (Å²) in [6.45, 7) is 1.87. The van der Waals surface area contributed by atoms with Crippen LogP contribution in [0, 0.1) is 0 Å². The highest BCUT2D eigenvalue weighted by Gasteiger charge is 2.22. The summed E-state index contributed by atoms with van der Waals surface area (Å²) >= 11 is 0. The molecule has 1 rings (SSSR count). The van der Waals surface area contributed by atoms with Crippen LogP contribution in [-0.2, 0) is 4.74 Å². The molecule has 0 radical (unpaired) electrons. The second-order valence-corrected chi connectivity index (χ2v) is 4.42. The molecule has 0 aromatic carbocycles. The lowest BCUT2D eigenvalue weighted by Crippen LogP contribution is -2.44. The van der Waals surface area contributed by atoms with Crippen molar-refractivity contribution in [1.29, 1.82) is 0 Å². The molecule has 0 bridgehead atoms. The zero-order valence-electron chi connectivity index (χ0n) is 9.54. The molecule has 1 unspecified atom stereocenters. The Bertz CT molecular complexity index is 148. The van der Waals surface area contributed by atoms with Crippen molar-refractivity contribution >= 4 is 0 Å². The third-order valence-corrected chi connectivity index (χ3v) is 3.14. The average Bonchev–Trinajstić information content (AvgIpc) is 2.00. The van der Waals surface area contributed by atoms with Gasteiger partial charge in [-0.2, -0.15) is 0 Å². The number of methoxy groups -OCH3 is 1. The fourth-order valence-electron chi connectivity index (χ4n) is 1.93. The smallest absolute Gasteiger partial charge is 0.0462 e. The van der Waals surface area contributed by atoms with Gasteiger partial charge in [0.15, 0.2) is 0 Å². The van der Waals surface area contributed by atoms with Gasteiger partial charge in [0.05, 0.1) is 0 Å². The van der Waals surface area contributed by atoms with E-state index in [1.54, 1.807) is 7.11 Å². The Morgan fingerprint density at radius 1 is 1.50 bits per heavy atom. The number of nitrogens with zero attached hydrogens (tertiary/aromatic N) is 1. The van der Waals surface area contributed by atoms with Crippen LogP contribution >= 0.6 is 0 Å². The molecule has 0 amide bonds. The zero-order chi connectivity index (χ0) is 10.4. The Kier molecular flexibility index (Phi) is 5.45. The Morgan fingerprint density at radius 3 is 2.71 bits per heavy atom. The molecule has 2 N–H and O–H groups in total. The van der Waals surface area contributed by atoms with Gasteiger partial charge in [-0.25, -0.2) is 0 Å². The van der Waals surface area contributed by atoms with Crippen molar-refractivity contribution in [2.45, 2.75) is 44.2 Å². The van der Waals surface area contributed by atoms with E-state index in [2.05, 4.69) is 11.9 Å². The number of hydrogen-bond donors (Lipinski definition) is 1. The van der Waals surface area contributed by atoms with Gasteiger partial charge in [-0.05, 0) is 32.7 Å². The van der Waals surface area contributed by atoms with E-state index >= 15 is 0 Å². The second-order valence-electron chi connectivity index (χ2n) is 4.42. The number of ether oxygens (including phenoxy) is 1. The van der Waals surface area contributed by atoms with Gasteiger partial charge >= 0.3 is 0 Å². The fourth-order valence-corrected chi connectivity index (χ4v) is 1.93. The van der Waals surface area contributed by atoms with Crippen molar-refractivity contribution < 1.29 is 4.74 Å². The van der Waals surface area contributed by atoms with Gasteiger partial charge in [0.25, 0.3) is 0 Å². The van der Waals surface area contributed by atoms with Crippen molar-refractivity contribution in [3.05, 3.63) is 0 Å². The number of rotatable bonds is 7. The molecule has 0 spiro atoms. The van der Waals surface area contributed by atoms with Gasteiger partial charge < -0.3 is 15.4 Å². The lowest BCUT2D eigenvalue weighted by atomic mass is 9.91. The molecule has 1 fully saturated rings. The van der Waals surface area contributed by atoms with Gasteiger partial charge in [0.1, 0.15) is 0 Å². The van der Waals surface area contributed by atoms with Crippen LogP contribution in [0.2, 0.25) is 0 Å². The molecule has 1 aliphatic carbocycles. The summed E-state index contributed by atoms with van der Waals surface area (Å²) in [5.74, 6) is 0. The third kappa shape index (κ3) is 3.95. The largest absolute Gasteiger partial charge is 0.385 e. The second kappa shape index (κ2) is 6.38. The minimum absolute atomic E-state index is 0.316. The van der Waals surface area contributed by atoms with E-state index in [1.165, 1.54) is 19.3 Å². The Morgan fingerprint density at radius 2 is 2.21 bits per heavy atom. The fraction of sp³-hybridized carbons (Fsp3) is 1.00. The van der Waals surface area contributed by atoms with Crippen molar-refractivity contribution in [3.63, 3.8) is 0 Å². The molecule has 84 valence electrons. The molecule has 0 aromatic rings. The number of hydrogen-bond acceptors (Lipinski definition) is 3. The summed E-state index contributed by atoms with van der Waals surface area (Å²) in [6, 6.07) is 1.12. The number of likely N-dealkylation sites (N-methyl/N-ethyl adjacent to an activating group) is 1. The lowest BCUT2D eigenvalue weighted by Gasteiger charge is -2.36. The summed E-state index contributed by atoms with van der Waals surface area (Å²) in [5, 5.41) is 0. The highest BCUT2D eigenvalue weighted by molar-refractivity contribution is 4.80. The van der Waals surface area contributed by atoms with Crippen LogP contribution in [-0.4, -0.2) is 44.3 Å². The monoisotopic (exact) mass is 200 g/mol. The Labute approximate surface area is 87.6 Å². The van der Waals surface area contributed by atoms with Crippen LogP contribution in [0.1, 0.15) is 32.1 Å². The van der Waals surface area contributed by atoms with Gasteiger partial charge in [0.2, 0.25) is 0 Å². The van der Waals surface area contributed by atoms with E-state index in [1.807, 2.05) is 0 Å². The predicted molar refractivity (Wildman–Crippen MR) is 59.4 cm³/mol. The molecule has 14 heavy (non-hydrogen) atoms. The van der Waals surface area contributed by atoms with Crippen LogP contribution in [0.3, 0.4) is 0 Å². The third-order valence-electron chi connectivity index (χ3n) is 3.14. The first-order chi connectivity index (χ1) is 6.74. The highest BCUT2D eigenvalue weighted by Crippen LogP contribution is 2.23. The maximum atomic E-state index is 6.03. The molecular weight excluding hydrogens is 176 g/mol. The zero-order valence-corrected chi connectivity index (χ0v) is 9.54. The highest BCUT2D eigenvalue weighted by atomic mass is 16.5. The quantitative estimate of drug-likeness (QED) is 0.628. The molecular formula is C11H24N2O. The van der Waals surface area contributed by atoms with Crippen molar-refractivity contribution in [3.8, 4) is 0 Å². The first-order valence-corrected chi connectivity index (χ1v) is 5.68. The SMILES string of the molecule is COCCCC(N)CN(C)C1CCC1. The molecule has 1 aliphatic rings. The van der Waals surface area contributed by atoms with Crippen molar-refractivity contribution in [1.82, 2.24) is 4.90 Å². The summed E-state index contributed by atoms with van der Waals surface area (Å²) in [4.78, 5) is 2.42. The minimum atomic E-state index is 0.316. The van der Waals surface area contributed by atoms with Crippen LogP contribution in [0.25, 0.3) is 0 Å². The molecule has 1 saturated carbocycles. The van der Waals surface area contributed by atoms with Crippen LogP contribution in [0.15, 0.2) is 0 Å². The lowest BCUT2D eigenvalue weighted by molar-refractivity contribution is 0.144. The molecule has 0 aromatic heterocycles. The maximum absolute atomic E-state index is 6.03. The molecule has 0 heterocycles. The normalized spacial score (nSPS) is 19.7. The van der Waals surface area contributed by atoms with E-state index < -0.39 is 0 Å². The summed E-state index contributed by atoms with van der Waals surface area (Å²) < 4.78 is 5.01. The van der Waals surface area contributed by atoms with E-state index in [9.17, 15) is 0 Å². The van der Waals surface area contributed by atoms with Crippen LogP contribution in [0.4, 0.5) is 0 Å². The molecule has 3 heteroatoms. The first kappa shape index (κ1) is 12.0. The van der Waals surface area contributed by atoms with Crippen molar-refractivity contribution in [2.75, 3.05) is 27.3 Å². The topological polar surface area (TPSA) is 38.5 Å². The van der Waals surface area contributed by atoms with Crippen LogP contribution in [0.5, 0.6) is 0 Å². The van der Waals surface area contributed by atoms with Gasteiger partial charge in [-0.3, -0.25) is 0 Å². The average molecular weight is 200 g/mol. The number of nitrogens with two attached hydrogens (primary N) is 1. The minimum Gasteiger partial charge on any atom is -0.385 e. The standard InChI is InChI=1S/C11H24N2O/c1-13(11-6-3-7-11)9-10(12)5-4-8-14-2/h10-11H,3-9,12H2,1-2H3. The Hall–Kier alpha value is -0.120. The van der Waals surface area contributed by atoms with Gasteiger partial charge in [0, 0.05) is 32.3 Å². The molecule has 1 atom stereocenters. The van der Waals surface area contributed by atoms with E-state index in [-0.39, 0.29) is 0 Å². The summed E-state index contributed by atoms with van der Waals surface area (Å²) in [5.41, 5.74) is 6.03. The van der Waals surface area contributed by atoms with E-state index in [0.717, 1.165) is 32.0 Å². The van der Waals surface area contributed by atoms with E-state index in [0.29, 0.717) is 6.04 Å². The maximum Gasteiger partial charge on any atom is 0.0462 e. The molecule has 0 aliphatic heterocycles. The predicted octanol–water partition coefficient (Wildman–Crippen LogP) is 1.22. The first-order valence-electron chi connectivity index (χ1n) is 5.68.